The van der Waals surface area contributed by atoms with Crippen LogP contribution in [0.1, 0.15) is 52.0 Å². The Morgan fingerprint density at radius 1 is 1.42 bits per heavy atom. The molecule has 26 heavy (non-hydrogen) atoms. The Kier molecular flexibility index (Phi) is 7.43. The summed E-state index contributed by atoms with van der Waals surface area (Å²) in [6.45, 7) is 6.57. The minimum atomic E-state index is -0.711. The van der Waals surface area contributed by atoms with Gasteiger partial charge in [-0.3, -0.25) is 4.98 Å². The second kappa shape index (κ2) is 9.56. The van der Waals surface area contributed by atoms with Crippen molar-refractivity contribution < 1.29 is 19.4 Å². The number of hydrogen-bond donors (Lipinski definition) is 2. The summed E-state index contributed by atoms with van der Waals surface area (Å²) in [7, 11) is 0. The number of ether oxygens (including phenoxy) is 2. The monoisotopic (exact) mass is 360 g/mol. The van der Waals surface area contributed by atoms with Crippen LogP contribution in [0.2, 0.25) is 0 Å². The van der Waals surface area contributed by atoms with Gasteiger partial charge in [0.1, 0.15) is 11.4 Å². The van der Waals surface area contributed by atoms with Crippen LogP contribution in [0.4, 0.5) is 0 Å². The van der Waals surface area contributed by atoms with E-state index in [-0.39, 0.29) is 18.6 Å². The number of nitrogens with one attached hydrogen (secondary N) is 1. The number of aliphatic hydroxyl groups is 1. The Morgan fingerprint density at radius 3 is 2.81 bits per heavy atom. The van der Waals surface area contributed by atoms with Crippen molar-refractivity contribution in [2.45, 2.75) is 64.2 Å². The standard InChI is InChI=1S/C20H28N2O4/c1-20(2,3)26-19(24)18(17-9-10-22-17)25-16-12-15(13-21-14-16)8-6-4-5-7-11-23/h12-14,17-18,22-23H,4-5,7,9-11H2,1-3H3/t17-,18?/m0/s1. The number of hydrogen-bond acceptors (Lipinski definition) is 6. The Bertz CT molecular complexity index is 654. The van der Waals surface area contributed by atoms with E-state index in [0.29, 0.717) is 5.75 Å². The zero-order valence-electron chi connectivity index (χ0n) is 15.7. The van der Waals surface area contributed by atoms with Gasteiger partial charge in [0.2, 0.25) is 6.10 Å². The van der Waals surface area contributed by atoms with Crippen LogP contribution in [0.15, 0.2) is 18.5 Å². The summed E-state index contributed by atoms with van der Waals surface area (Å²) < 4.78 is 11.4. The maximum atomic E-state index is 12.5. The number of nitrogens with zero attached hydrogens (tertiary/aromatic N) is 1. The summed E-state index contributed by atoms with van der Waals surface area (Å²) in [6, 6.07) is 1.72. The maximum Gasteiger partial charge on any atom is 0.349 e. The number of esters is 1. The first-order valence-corrected chi connectivity index (χ1v) is 9.07. The molecule has 0 bridgehead atoms. The smallest absolute Gasteiger partial charge is 0.349 e. The van der Waals surface area contributed by atoms with Crippen LogP contribution in [0.5, 0.6) is 5.75 Å². The second-order valence-electron chi connectivity index (χ2n) is 7.31. The predicted octanol–water partition coefficient (Wildman–Crippen LogP) is 2.05. The molecule has 0 amide bonds. The first kappa shape index (κ1) is 20.2. The number of pyridine rings is 1. The lowest BCUT2D eigenvalue weighted by Gasteiger charge is -2.35. The molecule has 142 valence electrons. The Hall–Kier alpha value is -2.10. The normalized spacial score (nSPS) is 17.5. The molecule has 1 aromatic heterocycles. The molecule has 1 aliphatic rings. The van der Waals surface area contributed by atoms with Crippen LogP contribution < -0.4 is 10.1 Å². The highest BCUT2D eigenvalue weighted by molar-refractivity contribution is 5.76. The average molecular weight is 360 g/mol. The number of unbranched alkanes of at least 4 members (excludes halogenated alkanes) is 2. The van der Waals surface area contributed by atoms with Crippen LogP contribution in [0.25, 0.3) is 0 Å². The maximum absolute atomic E-state index is 12.5. The molecule has 2 atom stereocenters. The second-order valence-corrected chi connectivity index (χ2v) is 7.31. The Labute approximate surface area is 155 Å². The summed E-state index contributed by atoms with van der Waals surface area (Å²) in [5.74, 6) is 6.21. The Balaban J connectivity index is 2.03. The van der Waals surface area contributed by atoms with E-state index in [9.17, 15) is 4.79 Å². The topological polar surface area (TPSA) is 80.7 Å². The van der Waals surface area contributed by atoms with Gasteiger partial charge >= 0.3 is 5.97 Å². The van der Waals surface area contributed by atoms with Crippen molar-refractivity contribution in [2.75, 3.05) is 13.2 Å². The van der Waals surface area contributed by atoms with Crippen molar-refractivity contribution in [1.82, 2.24) is 10.3 Å². The molecule has 0 aromatic carbocycles. The molecule has 1 aromatic rings. The van der Waals surface area contributed by atoms with Crippen molar-refractivity contribution in [2.24, 2.45) is 0 Å². The zero-order chi connectivity index (χ0) is 19.0. The minimum absolute atomic E-state index is 0.0573. The van der Waals surface area contributed by atoms with Crippen molar-refractivity contribution >= 4 is 5.97 Å². The number of rotatable bonds is 7. The quantitative estimate of drug-likeness (QED) is 0.440. The van der Waals surface area contributed by atoms with Gasteiger partial charge in [-0.1, -0.05) is 11.8 Å². The van der Waals surface area contributed by atoms with Crippen LogP contribution in [-0.2, 0) is 9.53 Å². The van der Waals surface area contributed by atoms with Gasteiger partial charge in [0.05, 0.1) is 12.2 Å². The molecule has 2 heterocycles. The molecule has 1 aliphatic heterocycles. The predicted molar refractivity (Wildman–Crippen MR) is 98.7 cm³/mol. The molecule has 6 nitrogen and oxygen atoms in total. The van der Waals surface area contributed by atoms with Gasteiger partial charge < -0.3 is 19.9 Å². The molecule has 0 spiro atoms. The summed E-state index contributed by atoms with van der Waals surface area (Å²) in [6.07, 6.45) is 5.73. The van der Waals surface area contributed by atoms with E-state index in [4.69, 9.17) is 14.6 Å². The fourth-order valence-corrected chi connectivity index (χ4v) is 2.41. The van der Waals surface area contributed by atoms with E-state index in [0.717, 1.165) is 37.8 Å². The highest BCUT2D eigenvalue weighted by atomic mass is 16.6. The zero-order valence-corrected chi connectivity index (χ0v) is 15.7. The largest absolute Gasteiger partial charge is 0.475 e. The molecule has 1 saturated heterocycles. The van der Waals surface area contributed by atoms with Gasteiger partial charge in [0.25, 0.3) is 0 Å². The molecule has 6 heteroatoms. The summed E-state index contributed by atoms with van der Waals surface area (Å²) in [4.78, 5) is 16.6. The van der Waals surface area contributed by atoms with E-state index < -0.39 is 11.7 Å². The van der Waals surface area contributed by atoms with Gasteiger partial charge in [-0.2, -0.15) is 0 Å². The number of aromatic nitrogens is 1. The fraction of sp³-hybridized carbons (Fsp3) is 0.600. The van der Waals surface area contributed by atoms with E-state index in [1.54, 1.807) is 18.5 Å². The van der Waals surface area contributed by atoms with Gasteiger partial charge in [-0.25, -0.2) is 4.79 Å². The van der Waals surface area contributed by atoms with Crippen molar-refractivity contribution in [3.05, 3.63) is 24.0 Å². The first-order valence-electron chi connectivity index (χ1n) is 9.07. The summed E-state index contributed by atoms with van der Waals surface area (Å²) in [5.41, 5.74) is 0.166. The van der Waals surface area contributed by atoms with Crippen LogP contribution in [0, 0.1) is 11.8 Å². The molecule has 2 N–H and O–H groups in total. The minimum Gasteiger partial charge on any atom is -0.475 e. The van der Waals surface area contributed by atoms with E-state index in [1.165, 1.54) is 0 Å². The molecule has 0 saturated carbocycles. The van der Waals surface area contributed by atoms with Crippen molar-refractivity contribution in [3.8, 4) is 17.6 Å². The lowest BCUT2D eigenvalue weighted by atomic mass is 10.0. The average Bonchev–Trinajstić information content (AvgIpc) is 2.51. The number of carbonyl (C=O) groups excluding carboxylic acids is 1. The molecule has 1 fully saturated rings. The lowest BCUT2D eigenvalue weighted by Crippen LogP contribution is -2.57. The first-order chi connectivity index (χ1) is 12.4. The number of carbonyl (C=O) groups is 1. The van der Waals surface area contributed by atoms with Gasteiger partial charge in [-0.05, 0) is 52.6 Å². The van der Waals surface area contributed by atoms with Crippen LogP contribution in [-0.4, -0.2) is 47.0 Å². The summed E-state index contributed by atoms with van der Waals surface area (Å²) in [5, 5.41) is 12.0. The van der Waals surface area contributed by atoms with Crippen LogP contribution in [0.3, 0.4) is 0 Å². The molecule has 1 unspecified atom stereocenters. The molecular weight excluding hydrogens is 332 g/mol. The van der Waals surface area contributed by atoms with E-state index in [2.05, 4.69) is 22.1 Å². The fourth-order valence-electron chi connectivity index (χ4n) is 2.41. The molecule has 2 rings (SSSR count). The lowest BCUT2D eigenvalue weighted by molar-refractivity contribution is -0.165. The van der Waals surface area contributed by atoms with Crippen LogP contribution >= 0.6 is 0 Å². The van der Waals surface area contributed by atoms with E-state index >= 15 is 0 Å². The molecular formula is C20H28N2O4. The third-order valence-electron chi connectivity index (χ3n) is 3.79. The van der Waals surface area contributed by atoms with E-state index in [1.807, 2.05) is 20.8 Å². The highest BCUT2D eigenvalue weighted by Crippen LogP contribution is 2.20. The van der Waals surface area contributed by atoms with Gasteiger partial charge in [0.15, 0.2) is 0 Å². The third-order valence-corrected chi connectivity index (χ3v) is 3.79. The van der Waals surface area contributed by atoms with Gasteiger partial charge in [-0.15, -0.1) is 0 Å². The van der Waals surface area contributed by atoms with Gasteiger partial charge in [0, 0.05) is 24.8 Å². The SMILES string of the molecule is CC(C)(C)OC(=O)C(Oc1cncc(C#CCCCCO)c1)[C@@H]1CCN1. The van der Waals surface area contributed by atoms with Crippen molar-refractivity contribution in [3.63, 3.8) is 0 Å². The highest BCUT2D eigenvalue weighted by Gasteiger charge is 2.37. The summed E-state index contributed by atoms with van der Waals surface area (Å²) >= 11 is 0. The van der Waals surface area contributed by atoms with Crippen molar-refractivity contribution in [1.29, 1.82) is 0 Å². The molecule has 0 aliphatic carbocycles. The molecule has 0 radical (unpaired) electrons. The number of aliphatic hydroxyl groups excluding tert-OH is 1. The Morgan fingerprint density at radius 2 is 2.19 bits per heavy atom. The third kappa shape index (κ3) is 6.66.